The van der Waals surface area contributed by atoms with Gasteiger partial charge in [-0.1, -0.05) is 0 Å². The molecule has 1 aromatic heterocycles. The highest BCUT2D eigenvalue weighted by Crippen LogP contribution is 2.03. The summed E-state index contributed by atoms with van der Waals surface area (Å²) in [5, 5.41) is 3.65. The lowest BCUT2D eigenvalue weighted by molar-refractivity contribution is 0.669. The lowest BCUT2D eigenvalue weighted by Crippen LogP contribution is -2.22. The van der Waals surface area contributed by atoms with Gasteiger partial charge in [0.1, 0.15) is 6.33 Å². The molecular formula is C5H9N3OS. The third-order valence-corrected chi connectivity index (χ3v) is 1.50. The minimum absolute atomic E-state index is 0.110. The molecule has 0 bridgehead atoms. The van der Waals surface area contributed by atoms with E-state index in [1.807, 2.05) is 6.92 Å². The van der Waals surface area contributed by atoms with Crippen LogP contribution in [0.2, 0.25) is 0 Å². The van der Waals surface area contributed by atoms with Gasteiger partial charge < -0.3 is 0 Å². The molecule has 0 spiro atoms. The molecule has 0 fully saturated rings. The first-order valence-corrected chi connectivity index (χ1v) is 3.43. The first-order valence-electron chi connectivity index (χ1n) is 2.91. The highest BCUT2D eigenvalue weighted by atomic mass is 32.1. The molecule has 0 aliphatic carbocycles. The fourth-order valence-corrected chi connectivity index (χ4v) is 0.814. The topological polar surface area (TPSA) is 39.8 Å². The Bertz CT molecular complexity index is 275. The van der Waals surface area contributed by atoms with Gasteiger partial charge in [0, 0.05) is 7.05 Å². The number of hydrogen-bond acceptors (Lipinski definition) is 3. The molecule has 0 aliphatic rings. The molecule has 1 aromatic rings. The van der Waals surface area contributed by atoms with Crippen LogP contribution in [0.15, 0.2) is 11.1 Å². The summed E-state index contributed by atoms with van der Waals surface area (Å²) in [7, 11) is 1.61. The number of rotatable bonds is 1. The monoisotopic (exact) mass is 159 g/mol. The van der Waals surface area contributed by atoms with E-state index >= 15 is 0 Å². The van der Waals surface area contributed by atoms with Crippen LogP contribution in [-0.2, 0) is 7.05 Å². The van der Waals surface area contributed by atoms with Crippen LogP contribution in [0.25, 0.3) is 0 Å². The van der Waals surface area contributed by atoms with E-state index in [0.717, 1.165) is 0 Å². The van der Waals surface area contributed by atoms with Gasteiger partial charge in [-0.15, -0.1) is 0 Å². The molecule has 5 heteroatoms. The summed E-state index contributed by atoms with van der Waals surface area (Å²) >= 11 is 4.08. The maximum Gasteiger partial charge on any atom is 0.346 e. The summed E-state index contributed by atoms with van der Waals surface area (Å²) < 4.78 is 2.72. The quantitative estimate of drug-likeness (QED) is 0.587. The number of aryl methyl sites for hydroxylation is 1. The maximum atomic E-state index is 11.0. The van der Waals surface area contributed by atoms with E-state index in [2.05, 4.69) is 17.7 Å². The minimum atomic E-state index is -0.137. The van der Waals surface area contributed by atoms with E-state index in [9.17, 15) is 4.79 Å². The van der Waals surface area contributed by atoms with Crippen LogP contribution < -0.4 is 5.69 Å². The Labute approximate surface area is 63.9 Å². The van der Waals surface area contributed by atoms with Gasteiger partial charge in [-0.05, 0) is 6.92 Å². The Morgan fingerprint density at radius 1 is 1.80 bits per heavy atom. The number of thiol groups is 1. The summed E-state index contributed by atoms with van der Waals surface area (Å²) in [4.78, 5) is 11.0. The van der Waals surface area contributed by atoms with Crippen LogP contribution in [0.5, 0.6) is 0 Å². The van der Waals surface area contributed by atoms with Gasteiger partial charge in [-0.25, -0.2) is 9.48 Å². The molecule has 0 aliphatic heterocycles. The zero-order valence-corrected chi connectivity index (χ0v) is 6.75. The molecule has 4 nitrogen and oxygen atoms in total. The Hall–Kier alpha value is -0.710. The third-order valence-electron chi connectivity index (χ3n) is 1.25. The van der Waals surface area contributed by atoms with E-state index < -0.39 is 0 Å². The smallest absolute Gasteiger partial charge is 0.269 e. The normalized spacial score (nSPS) is 13.5. The van der Waals surface area contributed by atoms with Crippen molar-refractivity contribution in [1.82, 2.24) is 14.3 Å². The Morgan fingerprint density at radius 3 is 2.60 bits per heavy atom. The number of nitrogens with zero attached hydrogens (tertiary/aromatic N) is 3. The van der Waals surface area contributed by atoms with Crippen LogP contribution in [-0.4, -0.2) is 14.3 Å². The molecule has 0 saturated heterocycles. The molecule has 1 rings (SSSR count). The van der Waals surface area contributed by atoms with Crippen LogP contribution >= 0.6 is 12.6 Å². The zero-order chi connectivity index (χ0) is 7.72. The Morgan fingerprint density at radius 2 is 2.40 bits per heavy atom. The molecule has 1 unspecified atom stereocenters. The second kappa shape index (κ2) is 2.49. The zero-order valence-electron chi connectivity index (χ0n) is 5.85. The second-order valence-electron chi connectivity index (χ2n) is 2.08. The van der Waals surface area contributed by atoms with E-state index in [1.54, 1.807) is 7.05 Å². The van der Waals surface area contributed by atoms with Crippen molar-refractivity contribution in [1.29, 1.82) is 0 Å². The SMILES string of the molecule is CC(S)n1cnn(C)c1=O. The van der Waals surface area contributed by atoms with E-state index in [-0.39, 0.29) is 11.1 Å². The van der Waals surface area contributed by atoms with Crippen LogP contribution in [0.1, 0.15) is 12.3 Å². The molecule has 1 heterocycles. The lowest BCUT2D eigenvalue weighted by atomic mass is 10.7. The van der Waals surface area contributed by atoms with Crippen LogP contribution in [0, 0.1) is 0 Å². The molecular weight excluding hydrogens is 150 g/mol. The van der Waals surface area contributed by atoms with Gasteiger partial charge in [0.2, 0.25) is 0 Å². The number of hydrogen-bond donors (Lipinski definition) is 1. The molecule has 1 atom stereocenters. The predicted molar refractivity (Wildman–Crippen MR) is 41.2 cm³/mol. The number of aromatic nitrogens is 3. The van der Waals surface area contributed by atoms with Crippen molar-refractivity contribution in [3.63, 3.8) is 0 Å². The average Bonchev–Trinajstić information content (AvgIpc) is 2.14. The van der Waals surface area contributed by atoms with Crippen molar-refractivity contribution in [3.8, 4) is 0 Å². The van der Waals surface area contributed by atoms with Crippen molar-refractivity contribution in [3.05, 3.63) is 16.8 Å². The highest BCUT2D eigenvalue weighted by molar-refractivity contribution is 7.80. The van der Waals surface area contributed by atoms with Crippen molar-refractivity contribution in [2.45, 2.75) is 12.3 Å². The Balaban J connectivity index is 3.18. The third kappa shape index (κ3) is 1.09. The summed E-state index contributed by atoms with van der Waals surface area (Å²) in [6, 6.07) is 0. The molecule has 10 heavy (non-hydrogen) atoms. The molecule has 0 amide bonds. The molecule has 0 radical (unpaired) electrons. The summed E-state index contributed by atoms with van der Waals surface area (Å²) in [6.07, 6.45) is 1.47. The first-order chi connectivity index (χ1) is 4.63. The van der Waals surface area contributed by atoms with Gasteiger partial charge in [-0.2, -0.15) is 17.7 Å². The van der Waals surface area contributed by atoms with Crippen molar-refractivity contribution < 1.29 is 0 Å². The van der Waals surface area contributed by atoms with Crippen molar-refractivity contribution in [2.75, 3.05) is 0 Å². The molecule has 0 N–H and O–H groups in total. The van der Waals surface area contributed by atoms with Gasteiger partial charge in [-0.3, -0.25) is 4.57 Å². The van der Waals surface area contributed by atoms with Crippen LogP contribution in [0.3, 0.4) is 0 Å². The van der Waals surface area contributed by atoms with Gasteiger partial charge in [0.15, 0.2) is 0 Å². The Kier molecular flexibility index (Phi) is 1.85. The standard InChI is InChI=1S/C5H9N3OS/c1-4(10)8-3-6-7(2)5(8)9/h3-4,10H,1-2H3. The van der Waals surface area contributed by atoms with Crippen molar-refractivity contribution >= 4 is 12.6 Å². The van der Waals surface area contributed by atoms with Crippen molar-refractivity contribution in [2.24, 2.45) is 7.05 Å². The van der Waals surface area contributed by atoms with Gasteiger partial charge >= 0.3 is 5.69 Å². The lowest BCUT2D eigenvalue weighted by Gasteiger charge is -2.00. The summed E-state index contributed by atoms with van der Waals surface area (Å²) in [5.41, 5.74) is -0.137. The fourth-order valence-electron chi connectivity index (χ4n) is 0.655. The van der Waals surface area contributed by atoms with Gasteiger partial charge in [0.25, 0.3) is 0 Å². The minimum Gasteiger partial charge on any atom is -0.269 e. The maximum absolute atomic E-state index is 11.0. The summed E-state index contributed by atoms with van der Waals surface area (Å²) in [5.74, 6) is 0. The molecule has 0 aromatic carbocycles. The van der Waals surface area contributed by atoms with Gasteiger partial charge in [0.05, 0.1) is 5.37 Å². The van der Waals surface area contributed by atoms with E-state index in [1.165, 1.54) is 15.6 Å². The fraction of sp³-hybridized carbons (Fsp3) is 0.600. The second-order valence-corrected chi connectivity index (χ2v) is 2.82. The van der Waals surface area contributed by atoms with E-state index in [0.29, 0.717) is 0 Å². The van der Waals surface area contributed by atoms with Crippen LogP contribution in [0.4, 0.5) is 0 Å². The largest absolute Gasteiger partial charge is 0.346 e. The average molecular weight is 159 g/mol. The molecule has 0 saturated carbocycles. The first kappa shape index (κ1) is 7.40. The predicted octanol–water partition coefficient (Wildman–Crippen LogP) is 0.0301. The highest BCUT2D eigenvalue weighted by Gasteiger charge is 2.03. The summed E-state index contributed by atoms with van der Waals surface area (Å²) in [6.45, 7) is 1.81. The molecule has 56 valence electrons. The van der Waals surface area contributed by atoms with E-state index in [4.69, 9.17) is 0 Å².